The molecule has 3 N–H and O–H groups in total. The van der Waals surface area contributed by atoms with Crippen molar-refractivity contribution in [1.29, 1.82) is 0 Å². The number of carbonyl (C=O) groups excluding carboxylic acids is 3. The van der Waals surface area contributed by atoms with E-state index in [4.69, 9.17) is 9.26 Å². The van der Waals surface area contributed by atoms with Crippen LogP contribution in [0.15, 0.2) is 53.1 Å². The smallest absolute Gasteiger partial charge is 0.328 e. The topological polar surface area (TPSA) is 123 Å². The number of methoxy groups -OCH3 is 1. The minimum Gasteiger partial charge on any atom is -0.467 e. The van der Waals surface area contributed by atoms with Crippen LogP contribution in [0.4, 0.5) is 20.6 Å². The number of nitrogens with zero attached hydrogens (tertiary/aromatic N) is 1. The number of hydrogen-bond acceptors (Lipinski definition) is 6. The van der Waals surface area contributed by atoms with Crippen molar-refractivity contribution in [3.8, 4) is 11.3 Å². The number of nitrogens with one attached hydrogen (secondary N) is 3. The molecule has 34 heavy (non-hydrogen) atoms. The highest BCUT2D eigenvalue weighted by molar-refractivity contribution is 6.00. The van der Waals surface area contributed by atoms with Crippen molar-refractivity contribution in [3.05, 3.63) is 65.7 Å². The van der Waals surface area contributed by atoms with Gasteiger partial charge in [0, 0.05) is 23.0 Å². The first-order valence-corrected chi connectivity index (χ1v) is 10.5. The Morgan fingerprint density at radius 1 is 1.00 bits per heavy atom. The van der Waals surface area contributed by atoms with Crippen LogP contribution in [0.3, 0.4) is 0 Å². The lowest BCUT2D eigenvalue weighted by atomic mass is 10.0. The second kappa shape index (κ2) is 10.6. The Balaban J connectivity index is 1.68. The lowest BCUT2D eigenvalue weighted by Gasteiger charge is -2.18. The molecular weight excluding hydrogens is 443 g/mol. The molecule has 9 nitrogen and oxygen atoms in total. The predicted octanol–water partition coefficient (Wildman–Crippen LogP) is 4.36. The van der Waals surface area contributed by atoms with Crippen LogP contribution in [-0.4, -0.2) is 36.2 Å². The molecule has 1 atom stereocenters. The number of hydrogen-bond donors (Lipinski definition) is 3. The maximum absolute atomic E-state index is 13.0. The molecule has 0 spiro atoms. The average molecular weight is 468 g/mol. The fourth-order valence-corrected chi connectivity index (χ4v) is 3.20. The number of benzene rings is 2. The van der Waals surface area contributed by atoms with Gasteiger partial charge in [0.2, 0.25) is 5.76 Å². The molecule has 3 rings (SSSR count). The number of aryl methyl sites for hydroxylation is 1. The van der Waals surface area contributed by atoms with Gasteiger partial charge in [-0.2, -0.15) is 0 Å². The van der Waals surface area contributed by atoms with Gasteiger partial charge in [-0.1, -0.05) is 25.1 Å². The van der Waals surface area contributed by atoms with E-state index in [0.29, 0.717) is 22.6 Å². The Morgan fingerprint density at radius 2 is 1.65 bits per heavy atom. The number of carbonyl (C=O) groups is 3. The molecule has 0 fully saturated rings. The van der Waals surface area contributed by atoms with Crippen molar-refractivity contribution in [3.63, 3.8) is 0 Å². The van der Waals surface area contributed by atoms with Crippen LogP contribution >= 0.6 is 0 Å². The summed E-state index contributed by atoms with van der Waals surface area (Å²) in [6.07, 6.45) is 0. The molecule has 0 bridgehead atoms. The monoisotopic (exact) mass is 468 g/mol. The number of amides is 3. The molecule has 0 radical (unpaired) electrons. The summed E-state index contributed by atoms with van der Waals surface area (Å²) in [4.78, 5) is 36.6. The quantitative estimate of drug-likeness (QED) is 0.443. The largest absolute Gasteiger partial charge is 0.467 e. The van der Waals surface area contributed by atoms with E-state index in [9.17, 15) is 18.8 Å². The van der Waals surface area contributed by atoms with E-state index < -0.39 is 29.8 Å². The second-order valence-corrected chi connectivity index (χ2v) is 7.91. The minimum absolute atomic E-state index is 0.0511. The summed E-state index contributed by atoms with van der Waals surface area (Å²) in [5, 5.41) is 11.9. The van der Waals surface area contributed by atoms with Gasteiger partial charge in [-0.05, 0) is 54.8 Å². The molecule has 3 amide bonds. The van der Waals surface area contributed by atoms with Gasteiger partial charge in [-0.15, -0.1) is 0 Å². The summed E-state index contributed by atoms with van der Waals surface area (Å²) in [5.41, 5.74) is 2.87. The number of rotatable bonds is 7. The van der Waals surface area contributed by atoms with Crippen LogP contribution in [0.5, 0.6) is 0 Å². The van der Waals surface area contributed by atoms with E-state index in [1.807, 2.05) is 6.92 Å². The lowest BCUT2D eigenvalue weighted by molar-refractivity contribution is -0.144. The van der Waals surface area contributed by atoms with Gasteiger partial charge in [0.25, 0.3) is 5.91 Å². The first kappa shape index (κ1) is 24.4. The molecule has 2 aromatic carbocycles. The van der Waals surface area contributed by atoms with Gasteiger partial charge in [-0.25, -0.2) is 14.0 Å². The van der Waals surface area contributed by atoms with Gasteiger partial charge in [0.1, 0.15) is 17.6 Å². The van der Waals surface area contributed by atoms with Gasteiger partial charge in [-0.3, -0.25) is 4.79 Å². The predicted molar refractivity (Wildman–Crippen MR) is 124 cm³/mol. The Hall–Kier alpha value is -4.21. The van der Waals surface area contributed by atoms with Gasteiger partial charge >= 0.3 is 12.0 Å². The number of ether oxygens (including phenoxy) is 1. The third kappa shape index (κ3) is 5.97. The maximum atomic E-state index is 13.0. The lowest BCUT2D eigenvalue weighted by Crippen LogP contribution is -2.44. The Labute approximate surface area is 195 Å². The number of esters is 1. The third-order valence-corrected chi connectivity index (χ3v) is 5.00. The highest BCUT2D eigenvalue weighted by atomic mass is 19.1. The summed E-state index contributed by atoms with van der Waals surface area (Å²) in [6.45, 7) is 5.39. The van der Waals surface area contributed by atoms with Crippen LogP contribution in [0.25, 0.3) is 11.3 Å². The van der Waals surface area contributed by atoms with E-state index in [2.05, 4.69) is 21.1 Å². The summed E-state index contributed by atoms with van der Waals surface area (Å²) in [5.74, 6) is -1.76. The van der Waals surface area contributed by atoms with Crippen LogP contribution in [0, 0.1) is 18.7 Å². The average Bonchev–Trinajstić information content (AvgIpc) is 3.28. The number of halogens is 1. The molecule has 1 heterocycles. The molecule has 0 aliphatic heterocycles. The standard InChI is InChI=1S/C24H25FN4O5/c1-13(2)21(23(31)33-4)28-22(30)20-12-19(29-34-20)18-10-9-17(11-14(18)3)27-24(32)26-16-7-5-15(25)6-8-16/h5-13,21H,1-4H3,(H,28,30)(H2,26,27,32). The molecule has 10 heteroatoms. The Kier molecular flexibility index (Phi) is 7.62. The Morgan fingerprint density at radius 3 is 2.26 bits per heavy atom. The van der Waals surface area contributed by atoms with Crippen molar-refractivity contribution < 1.29 is 28.0 Å². The molecule has 0 aliphatic rings. The summed E-state index contributed by atoms with van der Waals surface area (Å²) in [7, 11) is 1.25. The van der Waals surface area contributed by atoms with Crippen molar-refractivity contribution in [2.75, 3.05) is 17.7 Å². The molecule has 3 aromatic rings. The summed E-state index contributed by atoms with van der Waals surface area (Å²) in [6, 6.07) is 10.7. The normalized spacial score (nSPS) is 11.6. The molecule has 178 valence electrons. The molecule has 0 saturated carbocycles. The van der Waals surface area contributed by atoms with Crippen LogP contribution in [0.2, 0.25) is 0 Å². The van der Waals surface area contributed by atoms with Crippen LogP contribution in [-0.2, 0) is 9.53 Å². The highest BCUT2D eigenvalue weighted by Gasteiger charge is 2.27. The zero-order chi connectivity index (χ0) is 24.8. The van der Waals surface area contributed by atoms with E-state index in [1.54, 1.807) is 32.0 Å². The first-order chi connectivity index (χ1) is 16.2. The zero-order valence-corrected chi connectivity index (χ0v) is 19.1. The van der Waals surface area contributed by atoms with Gasteiger partial charge in [0.15, 0.2) is 0 Å². The molecule has 1 unspecified atom stereocenters. The fourth-order valence-electron chi connectivity index (χ4n) is 3.20. The van der Waals surface area contributed by atoms with Gasteiger partial charge in [0.05, 0.1) is 7.11 Å². The fraction of sp³-hybridized carbons (Fsp3) is 0.250. The summed E-state index contributed by atoms with van der Waals surface area (Å²) < 4.78 is 22.9. The van der Waals surface area contributed by atoms with Crippen molar-refractivity contribution in [2.24, 2.45) is 5.92 Å². The zero-order valence-electron chi connectivity index (χ0n) is 19.1. The molecule has 0 aliphatic carbocycles. The molecule has 1 aromatic heterocycles. The summed E-state index contributed by atoms with van der Waals surface area (Å²) >= 11 is 0. The minimum atomic E-state index is -0.820. The second-order valence-electron chi connectivity index (χ2n) is 7.91. The van der Waals surface area contributed by atoms with Crippen LogP contribution < -0.4 is 16.0 Å². The molecular formula is C24H25FN4O5. The third-order valence-electron chi connectivity index (χ3n) is 5.00. The van der Waals surface area contributed by atoms with E-state index in [1.165, 1.54) is 37.4 Å². The number of urea groups is 1. The Bertz CT molecular complexity index is 1190. The van der Waals surface area contributed by atoms with E-state index >= 15 is 0 Å². The first-order valence-electron chi connectivity index (χ1n) is 10.5. The number of aromatic nitrogens is 1. The molecule has 0 saturated heterocycles. The van der Waals surface area contributed by atoms with Gasteiger partial charge < -0.3 is 25.2 Å². The maximum Gasteiger partial charge on any atom is 0.328 e. The van der Waals surface area contributed by atoms with Crippen LogP contribution in [0.1, 0.15) is 30.0 Å². The number of anilines is 2. The van der Waals surface area contributed by atoms with Crippen molar-refractivity contribution >= 4 is 29.3 Å². The highest BCUT2D eigenvalue weighted by Crippen LogP contribution is 2.26. The van der Waals surface area contributed by atoms with E-state index in [-0.39, 0.29) is 11.7 Å². The van der Waals surface area contributed by atoms with E-state index in [0.717, 1.165) is 5.56 Å². The van der Waals surface area contributed by atoms with Crippen molar-refractivity contribution in [1.82, 2.24) is 10.5 Å². The van der Waals surface area contributed by atoms with Crippen molar-refractivity contribution in [2.45, 2.75) is 26.8 Å². The SMILES string of the molecule is COC(=O)C(NC(=O)c1cc(-c2ccc(NC(=O)Nc3ccc(F)cc3)cc2C)no1)C(C)C.